The number of rotatable bonds is 7. The number of nitrogens with one attached hydrogen (secondary N) is 1. The lowest BCUT2D eigenvalue weighted by atomic mass is 10.1. The van der Waals surface area contributed by atoms with Gasteiger partial charge in [-0.25, -0.2) is 8.42 Å². The summed E-state index contributed by atoms with van der Waals surface area (Å²) in [5.74, 6) is -0.115. The molecular formula is C28H30ClN3O5S. The second-order valence-electron chi connectivity index (χ2n) is 9.49. The minimum absolute atomic E-state index is 0.132. The van der Waals surface area contributed by atoms with Crippen molar-refractivity contribution in [2.24, 2.45) is 0 Å². The first-order valence-corrected chi connectivity index (χ1v) is 14.3. The van der Waals surface area contributed by atoms with Crippen molar-refractivity contribution in [3.8, 4) is 5.75 Å². The van der Waals surface area contributed by atoms with Gasteiger partial charge in [0.1, 0.15) is 5.75 Å². The van der Waals surface area contributed by atoms with Gasteiger partial charge in [0.2, 0.25) is 0 Å². The Bertz CT molecular complexity index is 1390. The van der Waals surface area contributed by atoms with Gasteiger partial charge in [0, 0.05) is 31.2 Å². The van der Waals surface area contributed by atoms with E-state index in [0.717, 1.165) is 44.0 Å². The summed E-state index contributed by atoms with van der Waals surface area (Å²) in [6.07, 6.45) is -1.02. The highest BCUT2D eigenvalue weighted by atomic mass is 35.5. The van der Waals surface area contributed by atoms with Gasteiger partial charge >= 0.3 is 0 Å². The zero-order valence-electron chi connectivity index (χ0n) is 21.1. The van der Waals surface area contributed by atoms with E-state index < -0.39 is 22.0 Å². The van der Waals surface area contributed by atoms with Crippen LogP contribution in [-0.2, 0) is 32.6 Å². The lowest BCUT2D eigenvalue weighted by Gasteiger charge is -2.35. The summed E-state index contributed by atoms with van der Waals surface area (Å²) in [5, 5.41) is 3.26. The van der Waals surface area contributed by atoms with E-state index in [1.165, 1.54) is 15.9 Å². The maximum atomic E-state index is 13.6. The van der Waals surface area contributed by atoms with Gasteiger partial charge in [-0.05, 0) is 48.4 Å². The smallest absolute Gasteiger partial charge is 0.264 e. The topological polar surface area (TPSA) is 88.2 Å². The average molecular weight is 556 g/mol. The molecule has 200 valence electrons. The molecule has 0 spiro atoms. The highest BCUT2D eigenvalue weighted by molar-refractivity contribution is 7.92. The quantitative estimate of drug-likeness (QED) is 0.478. The van der Waals surface area contributed by atoms with E-state index in [2.05, 4.69) is 22.3 Å². The van der Waals surface area contributed by atoms with Crippen LogP contribution in [0.1, 0.15) is 16.7 Å². The van der Waals surface area contributed by atoms with E-state index in [0.29, 0.717) is 17.3 Å². The van der Waals surface area contributed by atoms with E-state index in [1.54, 1.807) is 36.4 Å². The molecule has 0 aromatic heterocycles. The number of halogens is 1. The standard InChI is InChI=1S/C28H30ClN3O5S/c1-20-2-9-24(10-3-20)38(34,35)32-19-27(37-26-11-8-23(29)16-25(26)32)28(33)30-17-21-4-6-22(7-5-21)18-31-12-14-36-15-13-31/h2-11,16,27H,12-15,17-19H2,1H3,(H,30,33). The van der Waals surface area contributed by atoms with E-state index >= 15 is 0 Å². The van der Waals surface area contributed by atoms with Crippen LogP contribution < -0.4 is 14.4 Å². The maximum absolute atomic E-state index is 13.6. The number of morpholine rings is 1. The Hall–Kier alpha value is -3.11. The molecule has 2 aliphatic rings. The minimum Gasteiger partial charge on any atom is -0.476 e. The summed E-state index contributed by atoms with van der Waals surface area (Å²) < 4.78 is 39.7. The lowest BCUT2D eigenvalue weighted by molar-refractivity contribution is -0.127. The van der Waals surface area contributed by atoms with Crippen LogP contribution in [0.15, 0.2) is 71.6 Å². The summed E-state index contributed by atoms with van der Waals surface area (Å²) in [7, 11) is -3.96. The number of carbonyl (C=O) groups excluding carboxylic acids is 1. The number of sulfonamides is 1. The van der Waals surface area contributed by atoms with E-state index in [9.17, 15) is 13.2 Å². The Morgan fingerprint density at radius 1 is 1.00 bits per heavy atom. The van der Waals surface area contributed by atoms with Gasteiger partial charge in [-0.1, -0.05) is 53.6 Å². The van der Waals surface area contributed by atoms with Crippen molar-refractivity contribution >= 4 is 33.2 Å². The van der Waals surface area contributed by atoms with Crippen molar-refractivity contribution in [1.29, 1.82) is 0 Å². The molecule has 2 heterocycles. The Kier molecular flexibility index (Phi) is 7.90. The monoisotopic (exact) mass is 555 g/mol. The first-order valence-electron chi connectivity index (χ1n) is 12.5. The maximum Gasteiger partial charge on any atom is 0.264 e. The number of hydrogen-bond acceptors (Lipinski definition) is 6. The second-order valence-corrected chi connectivity index (χ2v) is 11.8. The zero-order valence-corrected chi connectivity index (χ0v) is 22.7. The Labute approximate surface area is 228 Å². The van der Waals surface area contributed by atoms with Crippen LogP contribution >= 0.6 is 11.6 Å². The first kappa shape index (κ1) is 26.5. The molecule has 0 saturated carbocycles. The number of benzene rings is 3. The number of fused-ring (bicyclic) bond motifs is 1. The minimum atomic E-state index is -3.96. The van der Waals surface area contributed by atoms with Gasteiger partial charge in [0.05, 0.1) is 30.3 Å². The van der Waals surface area contributed by atoms with Crippen LogP contribution in [0.5, 0.6) is 5.75 Å². The predicted molar refractivity (Wildman–Crippen MR) is 146 cm³/mol. The van der Waals surface area contributed by atoms with Crippen molar-refractivity contribution < 1.29 is 22.7 Å². The highest BCUT2D eigenvalue weighted by Gasteiger charge is 2.37. The number of amides is 1. The van der Waals surface area contributed by atoms with Gasteiger partial charge in [-0.2, -0.15) is 0 Å². The molecule has 1 N–H and O–H groups in total. The third-order valence-electron chi connectivity index (χ3n) is 6.69. The summed E-state index contributed by atoms with van der Waals surface area (Å²) in [6, 6.07) is 19.4. The molecule has 3 aromatic rings. The van der Waals surface area contributed by atoms with E-state index in [-0.39, 0.29) is 17.2 Å². The van der Waals surface area contributed by atoms with Crippen molar-refractivity contribution in [3.05, 3.63) is 88.4 Å². The van der Waals surface area contributed by atoms with E-state index in [4.69, 9.17) is 21.1 Å². The van der Waals surface area contributed by atoms with Crippen LogP contribution in [0.25, 0.3) is 0 Å². The highest BCUT2D eigenvalue weighted by Crippen LogP contribution is 2.39. The fourth-order valence-electron chi connectivity index (χ4n) is 4.51. The molecule has 10 heteroatoms. The Balaban J connectivity index is 1.28. The van der Waals surface area contributed by atoms with Crippen LogP contribution in [0.4, 0.5) is 5.69 Å². The molecule has 38 heavy (non-hydrogen) atoms. The number of anilines is 1. The molecule has 1 saturated heterocycles. The third-order valence-corrected chi connectivity index (χ3v) is 8.72. The third kappa shape index (κ3) is 5.96. The molecular weight excluding hydrogens is 526 g/mol. The van der Waals surface area contributed by atoms with Crippen LogP contribution in [0.3, 0.4) is 0 Å². The first-order chi connectivity index (χ1) is 18.3. The summed E-state index contributed by atoms with van der Waals surface area (Å²) in [4.78, 5) is 15.6. The molecule has 1 atom stereocenters. The molecule has 8 nitrogen and oxygen atoms in total. The Morgan fingerprint density at radius 3 is 2.39 bits per heavy atom. The lowest BCUT2D eigenvalue weighted by Crippen LogP contribution is -2.50. The molecule has 1 unspecified atom stereocenters. The fraction of sp³-hybridized carbons (Fsp3) is 0.321. The molecule has 0 radical (unpaired) electrons. The molecule has 0 aliphatic carbocycles. The zero-order chi connectivity index (χ0) is 26.7. The molecule has 5 rings (SSSR count). The SMILES string of the molecule is Cc1ccc(S(=O)(=O)N2CC(C(=O)NCc3ccc(CN4CCOCC4)cc3)Oc3ccc(Cl)cc32)cc1. The fourth-order valence-corrected chi connectivity index (χ4v) is 6.14. The van der Waals surface area contributed by atoms with Gasteiger partial charge in [-0.15, -0.1) is 0 Å². The van der Waals surface area contributed by atoms with Crippen molar-refractivity contribution in [3.63, 3.8) is 0 Å². The van der Waals surface area contributed by atoms with Gasteiger partial charge in [0.25, 0.3) is 15.9 Å². The van der Waals surface area contributed by atoms with Crippen LogP contribution in [0, 0.1) is 6.92 Å². The van der Waals surface area contributed by atoms with Gasteiger partial charge in [-0.3, -0.25) is 14.0 Å². The summed E-state index contributed by atoms with van der Waals surface area (Å²) in [6.45, 7) is 6.24. The number of carbonyl (C=O) groups is 1. The molecule has 3 aromatic carbocycles. The van der Waals surface area contributed by atoms with Crippen molar-refractivity contribution in [1.82, 2.24) is 10.2 Å². The number of hydrogen-bond donors (Lipinski definition) is 1. The number of nitrogens with zero attached hydrogens (tertiary/aromatic N) is 2. The normalized spacial score (nSPS) is 17.9. The number of ether oxygens (including phenoxy) is 2. The average Bonchev–Trinajstić information content (AvgIpc) is 2.92. The Morgan fingerprint density at radius 2 is 1.68 bits per heavy atom. The second kappa shape index (κ2) is 11.3. The molecule has 2 aliphatic heterocycles. The van der Waals surface area contributed by atoms with Gasteiger partial charge < -0.3 is 14.8 Å². The number of aryl methyl sites for hydroxylation is 1. The van der Waals surface area contributed by atoms with Gasteiger partial charge in [0.15, 0.2) is 6.10 Å². The largest absolute Gasteiger partial charge is 0.476 e. The van der Waals surface area contributed by atoms with Crippen molar-refractivity contribution in [2.75, 3.05) is 37.2 Å². The summed E-state index contributed by atoms with van der Waals surface area (Å²) in [5.41, 5.74) is 3.39. The molecule has 1 fully saturated rings. The summed E-state index contributed by atoms with van der Waals surface area (Å²) >= 11 is 6.18. The van der Waals surface area contributed by atoms with E-state index in [1.807, 2.05) is 19.1 Å². The molecule has 0 bridgehead atoms. The van der Waals surface area contributed by atoms with Crippen LogP contribution in [-0.4, -0.2) is 58.2 Å². The predicted octanol–water partition coefficient (Wildman–Crippen LogP) is 3.75. The molecule has 1 amide bonds. The van der Waals surface area contributed by atoms with Crippen molar-refractivity contribution in [2.45, 2.75) is 31.0 Å². The van der Waals surface area contributed by atoms with Crippen LogP contribution in [0.2, 0.25) is 5.02 Å².